The Hall–Kier alpha value is -1.40. The van der Waals surface area contributed by atoms with E-state index >= 15 is 0 Å². The maximum absolute atomic E-state index is 12.7. The molecule has 0 atom stereocenters. The summed E-state index contributed by atoms with van der Waals surface area (Å²) in [6.45, 7) is -0.145. The number of benzene rings is 2. The van der Waals surface area contributed by atoms with Gasteiger partial charge in [0.15, 0.2) is 6.61 Å². The number of carbonyl (C=O) groups excluding carboxylic acids is 1. The average Bonchev–Trinajstić information content (AvgIpc) is 2.41. The fourth-order valence-electron chi connectivity index (χ4n) is 1.46. The second-order valence-electron chi connectivity index (χ2n) is 3.91. The van der Waals surface area contributed by atoms with Gasteiger partial charge in [-0.15, -0.1) is 0 Å². The van der Waals surface area contributed by atoms with Gasteiger partial charge in [0.25, 0.3) is 5.91 Å². The fourth-order valence-corrected chi connectivity index (χ4v) is 2.60. The monoisotopic (exact) mass is 401 g/mol. The first kappa shape index (κ1) is 15.0. The van der Waals surface area contributed by atoms with Crippen LogP contribution < -0.4 is 10.1 Å². The Bertz CT molecular complexity index is 617. The molecule has 0 aliphatic rings. The molecule has 0 unspecified atom stereocenters. The molecule has 0 saturated carbocycles. The van der Waals surface area contributed by atoms with Gasteiger partial charge in [0.05, 0.1) is 5.69 Å². The summed E-state index contributed by atoms with van der Waals surface area (Å²) < 4.78 is 19.6. The number of amides is 1. The average molecular weight is 403 g/mol. The molecule has 6 heteroatoms. The number of carbonyl (C=O) groups is 1. The van der Waals surface area contributed by atoms with Gasteiger partial charge < -0.3 is 10.1 Å². The summed E-state index contributed by atoms with van der Waals surface area (Å²) >= 11 is 6.68. The Morgan fingerprint density at radius 3 is 2.50 bits per heavy atom. The van der Waals surface area contributed by atoms with Gasteiger partial charge in [0.2, 0.25) is 0 Å². The summed E-state index contributed by atoms with van der Waals surface area (Å²) in [6, 6.07) is 10.9. The van der Waals surface area contributed by atoms with E-state index in [0.717, 1.165) is 8.95 Å². The zero-order valence-corrected chi connectivity index (χ0v) is 13.4. The van der Waals surface area contributed by atoms with Crippen LogP contribution in [0.4, 0.5) is 10.1 Å². The molecule has 0 aromatic heterocycles. The standard InChI is InChI=1S/C14H10Br2FNO2/c15-9-1-6-13(12(16)7-9)18-14(19)8-20-11-4-2-10(17)3-5-11/h1-7H,8H2,(H,18,19). The molecular weight excluding hydrogens is 393 g/mol. The molecular formula is C14H10Br2FNO2. The third-order valence-electron chi connectivity index (χ3n) is 2.39. The van der Waals surface area contributed by atoms with Crippen LogP contribution in [0, 0.1) is 5.82 Å². The predicted molar refractivity (Wildman–Crippen MR) is 82.4 cm³/mol. The van der Waals surface area contributed by atoms with Gasteiger partial charge in [0, 0.05) is 8.95 Å². The number of nitrogens with one attached hydrogen (secondary N) is 1. The Kier molecular flexibility index (Phi) is 5.14. The van der Waals surface area contributed by atoms with E-state index in [4.69, 9.17) is 4.74 Å². The summed E-state index contributed by atoms with van der Waals surface area (Å²) in [5.74, 6) is -0.200. The first-order chi connectivity index (χ1) is 9.54. The Balaban J connectivity index is 1.90. The quantitative estimate of drug-likeness (QED) is 0.824. The molecule has 1 amide bonds. The summed E-state index contributed by atoms with van der Waals surface area (Å²) in [6.07, 6.45) is 0. The number of halogens is 3. The number of hydrogen-bond acceptors (Lipinski definition) is 2. The largest absolute Gasteiger partial charge is 0.484 e. The zero-order chi connectivity index (χ0) is 14.5. The van der Waals surface area contributed by atoms with E-state index in [9.17, 15) is 9.18 Å². The van der Waals surface area contributed by atoms with Crippen LogP contribution in [0.15, 0.2) is 51.4 Å². The van der Waals surface area contributed by atoms with Crippen LogP contribution in [0.25, 0.3) is 0 Å². The lowest BCUT2D eigenvalue weighted by Crippen LogP contribution is -2.20. The van der Waals surface area contributed by atoms with Gasteiger partial charge in [-0.2, -0.15) is 0 Å². The van der Waals surface area contributed by atoms with Crippen molar-refractivity contribution >= 4 is 43.5 Å². The molecule has 0 aliphatic heterocycles. The minimum absolute atomic E-state index is 0.145. The van der Waals surface area contributed by atoms with Crippen molar-refractivity contribution in [2.75, 3.05) is 11.9 Å². The molecule has 0 radical (unpaired) electrons. The second-order valence-corrected chi connectivity index (χ2v) is 5.68. The number of anilines is 1. The highest BCUT2D eigenvalue weighted by molar-refractivity contribution is 9.11. The van der Waals surface area contributed by atoms with Crippen molar-refractivity contribution in [3.05, 3.63) is 57.2 Å². The molecule has 3 nitrogen and oxygen atoms in total. The lowest BCUT2D eigenvalue weighted by Gasteiger charge is -2.09. The third kappa shape index (κ3) is 4.31. The lowest BCUT2D eigenvalue weighted by atomic mass is 10.3. The lowest BCUT2D eigenvalue weighted by molar-refractivity contribution is -0.118. The van der Waals surface area contributed by atoms with Crippen molar-refractivity contribution in [1.29, 1.82) is 0 Å². The summed E-state index contributed by atoms with van der Waals surface area (Å²) in [7, 11) is 0. The van der Waals surface area contributed by atoms with Crippen LogP contribution in [-0.2, 0) is 4.79 Å². The molecule has 2 aromatic rings. The van der Waals surface area contributed by atoms with Gasteiger partial charge in [-0.05, 0) is 58.4 Å². The van der Waals surface area contributed by atoms with Crippen LogP contribution in [0.1, 0.15) is 0 Å². The summed E-state index contributed by atoms with van der Waals surface area (Å²) in [5.41, 5.74) is 0.654. The first-order valence-electron chi connectivity index (χ1n) is 5.68. The van der Waals surface area contributed by atoms with E-state index in [1.54, 1.807) is 6.07 Å². The highest BCUT2D eigenvalue weighted by Crippen LogP contribution is 2.26. The van der Waals surface area contributed by atoms with Gasteiger partial charge in [-0.3, -0.25) is 4.79 Å². The minimum Gasteiger partial charge on any atom is -0.484 e. The van der Waals surface area contributed by atoms with E-state index < -0.39 is 0 Å². The molecule has 0 fully saturated rings. The van der Waals surface area contributed by atoms with E-state index in [2.05, 4.69) is 37.2 Å². The van der Waals surface area contributed by atoms with Crippen LogP contribution in [0.3, 0.4) is 0 Å². The second kappa shape index (κ2) is 6.85. The molecule has 0 aliphatic carbocycles. The highest BCUT2D eigenvalue weighted by atomic mass is 79.9. The zero-order valence-electron chi connectivity index (χ0n) is 10.2. The van der Waals surface area contributed by atoms with Crippen molar-refractivity contribution in [2.45, 2.75) is 0 Å². The smallest absolute Gasteiger partial charge is 0.262 e. The topological polar surface area (TPSA) is 38.3 Å². The Morgan fingerprint density at radius 1 is 1.15 bits per heavy atom. The van der Waals surface area contributed by atoms with Crippen LogP contribution >= 0.6 is 31.9 Å². The third-order valence-corrected chi connectivity index (χ3v) is 3.54. The Morgan fingerprint density at radius 2 is 1.85 bits per heavy atom. The van der Waals surface area contributed by atoms with Crippen molar-refractivity contribution < 1.29 is 13.9 Å². The number of ether oxygens (including phenoxy) is 1. The molecule has 2 rings (SSSR count). The molecule has 0 saturated heterocycles. The highest BCUT2D eigenvalue weighted by Gasteiger charge is 2.07. The number of hydrogen-bond donors (Lipinski definition) is 1. The van der Waals surface area contributed by atoms with Crippen molar-refractivity contribution in [3.8, 4) is 5.75 Å². The van der Waals surface area contributed by atoms with Gasteiger partial charge >= 0.3 is 0 Å². The van der Waals surface area contributed by atoms with Crippen molar-refractivity contribution in [3.63, 3.8) is 0 Å². The van der Waals surface area contributed by atoms with E-state index in [-0.39, 0.29) is 18.3 Å². The molecule has 20 heavy (non-hydrogen) atoms. The van der Waals surface area contributed by atoms with E-state index in [1.807, 2.05) is 12.1 Å². The predicted octanol–water partition coefficient (Wildman–Crippen LogP) is 4.37. The molecule has 0 bridgehead atoms. The fraction of sp³-hybridized carbons (Fsp3) is 0.0714. The molecule has 0 heterocycles. The van der Waals surface area contributed by atoms with E-state index in [0.29, 0.717) is 11.4 Å². The van der Waals surface area contributed by atoms with Gasteiger partial charge in [0.1, 0.15) is 11.6 Å². The molecule has 2 aromatic carbocycles. The maximum Gasteiger partial charge on any atom is 0.262 e. The van der Waals surface area contributed by atoms with Gasteiger partial charge in [-0.1, -0.05) is 15.9 Å². The molecule has 0 spiro atoms. The van der Waals surface area contributed by atoms with E-state index in [1.165, 1.54) is 24.3 Å². The maximum atomic E-state index is 12.7. The van der Waals surface area contributed by atoms with Crippen LogP contribution in [0.2, 0.25) is 0 Å². The summed E-state index contributed by atoms with van der Waals surface area (Å²) in [5, 5.41) is 2.71. The van der Waals surface area contributed by atoms with Crippen molar-refractivity contribution in [2.24, 2.45) is 0 Å². The number of rotatable bonds is 4. The SMILES string of the molecule is O=C(COc1ccc(F)cc1)Nc1ccc(Br)cc1Br. The van der Waals surface area contributed by atoms with Crippen LogP contribution in [-0.4, -0.2) is 12.5 Å². The normalized spacial score (nSPS) is 10.2. The molecule has 104 valence electrons. The van der Waals surface area contributed by atoms with Crippen LogP contribution in [0.5, 0.6) is 5.75 Å². The molecule has 1 N–H and O–H groups in total. The first-order valence-corrected chi connectivity index (χ1v) is 7.26. The Labute approximate surface area is 132 Å². The minimum atomic E-state index is -0.347. The van der Waals surface area contributed by atoms with Gasteiger partial charge in [-0.25, -0.2) is 4.39 Å². The summed E-state index contributed by atoms with van der Waals surface area (Å²) in [4.78, 5) is 11.7. The van der Waals surface area contributed by atoms with Crippen molar-refractivity contribution in [1.82, 2.24) is 0 Å².